The van der Waals surface area contributed by atoms with Gasteiger partial charge in [0, 0.05) is 6.42 Å². The molecule has 0 heterocycles. The molecule has 0 aliphatic rings. The summed E-state index contributed by atoms with van der Waals surface area (Å²) in [4.78, 5) is 21.9. The first-order valence-electron chi connectivity index (χ1n) is 6.09. The molecule has 0 amide bonds. The summed E-state index contributed by atoms with van der Waals surface area (Å²) >= 11 is 0. The Morgan fingerprint density at radius 1 is 1.45 bits per heavy atom. The summed E-state index contributed by atoms with van der Waals surface area (Å²) < 4.78 is 4.79. The summed E-state index contributed by atoms with van der Waals surface area (Å²) in [6, 6.07) is 6.22. The first kappa shape index (κ1) is 15.7. The van der Waals surface area contributed by atoms with Gasteiger partial charge in [0.05, 0.1) is 18.2 Å². The number of carboxylic acids is 1. The molecule has 0 radical (unpaired) electrons. The van der Waals surface area contributed by atoms with E-state index in [4.69, 9.17) is 15.1 Å². The van der Waals surface area contributed by atoms with Gasteiger partial charge < -0.3 is 14.9 Å². The number of carbonyl (C=O) groups is 2. The monoisotopic (exact) mass is 277 g/mol. The van der Waals surface area contributed by atoms with Gasteiger partial charge in [-0.25, -0.2) is 4.79 Å². The van der Waals surface area contributed by atoms with E-state index in [1.807, 2.05) is 6.07 Å². The summed E-state index contributed by atoms with van der Waals surface area (Å²) in [6.45, 7) is 2.01. The average Bonchev–Trinajstić information content (AvgIpc) is 2.44. The number of benzene rings is 1. The van der Waals surface area contributed by atoms with Crippen molar-refractivity contribution in [1.82, 2.24) is 0 Å². The molecule has 1 unspecified atom stereocenters. The second-order valence-corrected chi connectivity index (χ2v) is 4.07. The number of aliphatic carboxylic acids is 1. The highest BCUT2D eigenvalue weighted by molar-refractivity contribution is 5.74. The van der Waals surface area contributed by atoms with Gasteiger partial charge in [-0.1, -0.05) is 12.1 Å². The van der Waals surface area contributed by atoms with Crippen molar-refractivity contribution >= 4 is 11.9 Å². The Kier molecular flexibility index (Phi) is 5.69. The average molecular weight is 277 g/mol. The van der Waals surface area contributed by atoms with E-state index in [0.717, 1.165) is 0 Å². The summed E-state index contributed by atoms with van der Waals surface area (Å²) in [5, 5.41) is 27.2. The zero-order valence-electron chi connectivity index (χ0n) is 11.0. The number of carbonyl (C=O) groups excluding carboxylic acids is 1. The van der Waals surface area contributed by atoms with Crippen LogP contribution in [0.25, 0.3) is 0 Å². The van der Waals surface area contributed by atoms with Gasteiger partial charge in [0.25, 0.3) is 0 Å². The van der Waals surface area contributed by atoms with Crippen LogP contribution < -0.4 is 0 Å². The third-order valence-corrected chi connectivity index (χ3v) is 2.71. The molecule has 2 N–H and O–H groups in total. The van der Waals surface area contributed by atoms with Crippen LogP contribution in [0.3, 0.4) is 0 Å². The van der Waals surface area contributed by atoms with Gasteiger partial charge in [-0.3, -0.25) is 4.79 Å². The quantitative estimate of drug-likeness (QED) is 0.756. The Labute approximate surface area is 116 Å². The minimum Gasteiger partial charge on any atom is -0.479 e. The molecular weight excluding hydrogens is 262 g/mol. The smallest absolute Gasteiger partial charge is 0.337 e. The van der Waals surface area contributed by atoms with Gasteiger partial charge in [0.2, 0.25) is 0 Å². The fraction of sp³-hybridized carbons (Fsp3) is 0.357. The van der Waals surface area contributed by atoms with Crippen LogP contribution >= 0.6 is 0 Å². The van der Waals surface area contributed by atoms with Crippen LogP contribution in [0.5, 0.6) is 0 Å². The molecule has 0 fully saturated rings. The van der Waals surface area contributed by atoms with Crippen LogP contribution in [-0.2, 0) is 20.7 Å². The first-order chi connectivity index (χ1) is 9.49. The van der Waals surface area contributed by atoms with E-state index in [1.165, 1.54) is 12.1 Å². The van der Waals surface area contributed by atoms with Crippen molar-refractivity contribution in [1.29, 1.82) is 5.26 Å². The van der Waals surface area contributed by atoms with Gasteiger partial charge in [0.15, 0.2) is 6.10 Å². The van der Waals surface area contributed by atoms with Crippen LogP contribution in [0.2, 0.25) is 0 Å². The number of nitriles is 1. The molecule has 1 aromatic carbocycles. The highest BCUT2D eigenvalue weighted by atomic mass is 16.5. The summed E-state index contributed by atoms with van der Waals surface area (Å²) in [5.41, 5.74) is 0.989. The van der Waals surface area contributed by atoms with Crippen molar-refractivity contribution in [3.05, 3.63) is 34.9 Å². The lowest BCUT2D eigenvalue weighted by Gasteiger charge is -2.09. The van der Waals surface area contributed by atoms with Crippen molar-refractivity contribution in [2.24, 2.45) is 0 Å². The Hall–Kier alpha value is -2.39. The number of nitrogens with zero attached hydrogens (tertiary/aromatic N) is 1. The zero-order valence-corrected chi connectivity index (χ0v) is 11.0. The van der Waals surface area contributed by atoms with Crippen LogP contribution in [-0.4, -0.2) is 28.8 Å². The summed E-state index contributed by atoms with van der Waals surface area (Å²) in [6.07, 6.45) is -1.20. The van der Waals surface area contributed by atoms with E-state index in [-0.39, 0.29) is 23.5 Å². The number of hydrogen-bond acceptors (Lipinski definition) is 5. The number of carboxylic acid groups (broad SMARTS) is 1. The number of rotatable bonds is 6. The molecular formula is C14H15NO5. The number of aryl methyl sites for hydroxylation is 1. The van der Waals surface area contributed by atoms with Gasteiger partial charge in [0.1, 0.15) is 0 Å². The second-order valence-electron chi connectivity index (χ2n) is 4.07. The SMILES string of the molecule is CCOC(=O)CCc1ccc(C(O)C(=O)O)cc1C#N. The van der Waals surface area contributed by atoms with E-state index in [0.29, 0.717) is 18.6 Å². The third-order valence-electron chi connectivity index (χ3n) is 2.71. The molecule has 6 nitrogen and oxygen atoms in total. The van der Waals surface area contributed by atoms with Crippen LogP contribution in [0, 0.1) is 11.3 Å². The maximum atomic E-state index is 11.3. The van der Waals surface area contributed by atoms with Crippen molar-refractivity contribution in [2.75, 3.05) is 6.61 Å². The molecule has 6 heteroatoms. The van der Waals surface area contributed by atoms with Crippen LogP contribution in [0.1, 0.15) is 36.1 Å². The van der Waals surface area contributed by atoms with Crippen LogP contribution in [0.4, 0.5) is 0 Å². The number of aliphatic hydroxyl groups is 1. The number of ether oxygens (including phenoxy) is 1. The molecule has 0 aliphatic carbocycles. The van der Waals surface area contributed by atoms with Crippen molar-refractivity contribution in [2.45, 2.75) is 25.9 Å². The maximum absolute atomic E-state index is 11.3. The largest absolute Gasteiger partial charge is 0.479 e. The molecule has 0 bridgehead atoms. The van der Waals surface area contributed by atoms with E-state index < -0.39 is 12.1 Å². The topological polar surface area (TPSA) is 108 Å². The standard InChI is InChI=1S/C14H15NO5/c1-2-20-12(16)6-5-9-3-4-10(7-11(9)8-15)13(17)14(18)19/h3-4,7,13,17H,2,5-6H2,1H3,(H,18,19). The lowest BCUT2D eigenvalue weighted by Crippen LogP contribution is -2.11. The van der Waals surface area contributed by atoms with Crippen LogP contribution in [0.15, 0.2) is 18.2 Å². The number of aliphatic hydroxyl groups excluding tert-OH is 1. The second kappa shape index (κ2) is 7.26. The van der Waals surface area contributed by atoms with E-state index >= 15 is 0 Å². The maximum Gasteiger partial charge on any atom is 0.337 e. The summed E-state index contributed by atoms with van der Waals surface area (Å²) in [7, 11) is 0. The first-order valence-corrected chi connectivity index (χ1v) is 6.09. The minimum atomic E-state index is -1.67. The normalized spacial score (nSPS) is 11.4. The lowest BCUT2D eigenvalue weighted by atomic mass is 9.98. The minimum absolute atomic E-state index is 0.133. The number of esters is 1. The molecule has 20 heavy (non-hydrogen) atoms. The molecule has 0 saturated carbocycles. The number of hydrogen-bond donors (Lipinski definition) is 2. The predicted octanol–water partition coefficient (Wildman–Crippen LogP) is 1.17. The summed E-state index contributed by atoms with van der Waals surface area (Å²) in [5.74, 6) is -1.74. The van der Waals surface area contributed by atoms with Gasteiger partial charge in [-0.15, -0.1) is 0 Å². The molecule has 1 aromatic rings. The molecule has 0 saturated heterocycles. The molecule has 0 aliphatic heterocycles. The van der Waals surface area contributed by atoms with E-state index in [2.05, 4.69) is 0 Å². The highest BCUT2D eigenvalue weighted by Gasteiger charge is 2.17. The highest BCUT2D eigenvalue weighted by Crippen LogP contribution is 2.19. The fourth-order valence-electron chi connectivity index (χ4n) is 1.70. The van der Waals surface area contributed by atoms with E-state index in [9.17, 15) is 14.7 Å². The van der Waals surface area contributed by atoms with Gasteiger partial charge in [-0.2, -0.15) is 5.26 Å². The van der Waals surface area contributed by atoms with Crippen molar-refractivity contribution in [3.8, 4) is 6.07 Å². The van der Waals surface area contributed by atoms with Crippen molar-refractivity contribution in [3.63, 3.8) is 0 Å². The Morgan fingerprint density at radius 3 is 2.70 bits per heavy atom. The molecule has 0 spiro atoms. The Balaban J connectivity index is 2.86. The van der Waals surface area contributed by atoms with E-state index in [1.54, 1.807) is 13.0 Å². The predicted molar refractivity (Wildman–Crippen MR) is 68.7 cm³/mol. The Bertz CT molecular complexity index is 547. The zero-order chi connectivity index (χ0) is 15.1. The van der Waals surface area contributed by atoms with Gasteiger partial charge in [-0.05, 0) is 30.5 Å². The molecule has 1 rings (SSSR count). The third kappa shape index (κ3) is 4.07. The fourth-order valence-corrected chi connectivity index (χ4v) is 1.70. The Morgan fingerprint density at radius 2 is 2.15 bits per heavy atom. The molecule has 1 atom stereocenters. The van der Waals surface area contributed by atoms with Crippen molar-refractivity contribution < 1.29 is 24.5 Å². The molecule has 0 aromatic heterocycles. The van der Waals surface area contributed by atoms with Gasteiger partial charge >= 0.3 is 11.9 Å². The lowest BCUT2D eigenvalue weighted by molar-refractivity contribution is -0.147. The molecule has 106 valence electrons.